The van der Waals surface area contributed by atoms with Crippen molar-refractivity contribution in [1.29, 1.82) is 0 Å². The number of ether oxygens (including phenoxy) is 4. The minimum Gasteiger partial charge on any atom is -0.497 e. The zero-order valence-electron chi connectivity index (χ0n) is 21.1. The summed E-state index contributed by atoms with van der Waals surface area (Å²) < 4.78 is 22.2. The van der Waals surface area contributed by atoms with Crippen LogP contribution in [-0.2, 0) is 9.59 Å². The van der Waals surface area contributed by atoms with Gasteiger partial charge in [0, 0.05) is 5.69 Å². The summed E-state index contributed by atoms with van der Waals surface area (Å²) in [7, 11) is 3.16. The molecule has 0 atom stereocenters. The van der Waals surface area contributed by atoms with Crippen LogP contribution in [0.5, 0.6) is 23.0 Å². The van der Waals surface area contributed by atoms with E-state index in [9.17, 15) is 9.59 Å². The topological polar surface area (TPSA) is 86.3 Å². The third kappa shape index (κ3) is 6.45. The van der Waals surface area contributed by atoms with E-state index in [0.717, 1.165) is 5.56 Å². The highest BCUT2D eigenvalue weighted by Gasteiger charge is 2.33. The monoisotopic (exact) mass is 550 g/mol. The highest BCUT2D eigenvalue weighted by Crippen LogP contribution is 2.37. The second kappa shape index (κ2) is 12.5. The summed E-state index contributed by atoms with van der Waals surface area (Å²) in [5.74, 6) is 1.74. The maximum atomic E-state index is 13.1. The number of methoxy groups -OCH3 is 2. The zero-order valence-corrected chi connectivity index (χ0v) is 22.7. The first-order valence-corrected chi connectivity index (χ1v) is 12.9. The van der Waals surface area contributed by atoms with Crippen LogP contribution in [0.15, 0.2) is 71.6 Å². The molecule has 1 N–H and O–H groups in total. The first-order valence-electron chi connectivity index (χ1n) is 11.7. The van der Waals surface area contributed by atoms with Gasteiger partial charge in [-0.25, -0.2) is 0 Å². The summed E-state index contributed by atoms with van der Waals surface area (Å²) >= 11 is 6.69. The van der Waals surface area contributed by atoms with Gasteiger partial charge in [0.1, 0.15) is 11.5 Å². The van der Waals surface area contributed by atoms with E-state index in [0.29, 0.717) is 50.2 Å². The number of amides is 2. The minimum atomic E-state index is -0.316. The number of hydrogen-bond acceptors (Lipinski definition) is 8. The van der Waals surface area contributed by atoms with Crippen molar-refractivity contribution in [2.24, 2.45) is 0 Å². The molecular weight excluding hydrogens is 524 g/mol. The van der Waals surface area contributed by atoms with Crippen LogP contribution in [0.4, 0.5) is 11.4 Å². The SMILES string of the molecule is CCOc1cc(/C=C2\SC(=S)N(c3ccc(OC)cc3)C2=O)ccc1OCC(=O)Nc1ccc(OC)cc1. The zero-order chi connectivity index (χ0) is 27.1. The van der Waals surface area contributed by atoms with Crippen LogP contribution in [0.2, 0.25) is 0 Å². The van der Waals surface area contributed by atoms with Crippen molar-refractivity contribution in [2.45, 2.75) is 6.92 Å². The largest absolute Gasteiger partial charge is 0.497 e. The van der Waals surface area contributed by atoms with E-state index in [-0.39, 0.29) is 18.4 Å². The van der Waals surface area contributed by atoms with Crippen LogP contribution in [0, 0.1) is 0 Å². The molecule has 3 aromatic rings. The number of nitrogens with zero attached hydrogens (tertiary/aromatic N) is 1. The predicted molar refractivity (Wildman–Crippen MR) is 153 cm³/mol. The van der Waals surface area contributed by atoms with Gasteiger partial charge >= 0.3 is 0 Å². The number of anilines is 2. The molecule has 0 spiro atoms. The summed E-state index contributed by atoms with van der Waals surface area (Å²) in [6, 6.07) is 19.4. The Labute approximate surface area is 230 Å². The van der Waals surface area contributed by atoms with Gasteiger partial charge in [-0.2, -0.15) is 0 Å². The molecule has 0 aromatic heterocycles. The first-order chi connectivity index (χ1) is 18.4. The molecule has 10 heteroatoms. The van der Waals surface area contributed by atoms with Crippen LogP contribution < -0.4 is 29.2 Å². The molecular formula is C28H26N2O6S2. The van der Waals surface area contributed by atoms with E-state index in [1.54, 1.807) is 87.0 Å². The average molecular weight is 551 g/mol. The van der Waals surface area contributed by atoms with Gasteiger partial charge in [-0.1, -0.05) is 30.0 Å². The molecule has 196 valence electrons. The molecule has 1 aliphatic heterocycles. The van der Waals surface area contributed by atoms with Gasteiger partial charge in [-0.05, 0) is 79.2 Å². The summed E-state index contributed by atoms with van der Waals surface area (Å²) in [6.07, 6.45) is 1.76. The molecule has 0 bridgehead atoms. The van der Waals surface area contributed by atoms with Gasteiger partial charge in [0.15, 0.2) is 22.4 Å². The van der Waals surface area contributed by atoms with E-state index in [4.69, 9.17) is 31.2 Å². The van der Waals surface area contributed by atoms with Gasteiger partial charge < -0.3 is 24.3 Å². The number of thiocarbonyl (C=S) groups is 1. The Kier molecular flexibility index (Phi) is 8.88. The normalized spacial score (nSPS) is 14.0. The van der Waals surface area contributed by atoms with E-state index < -0.39 is 0 Å². The lowest BCUT2D eigenvalue weighted by molar-refractivity contribution is -0.118. The second-order valence-electron chi connectivity index (χ2n) is 7.92. The van der Waals surface area contributed by atoms with Crippen molar-refractivity contribution in [1.82, 2.24) is 0 Å². The Morgan fingerprint density at radius 2 is 1.61 bits per heavy atom. The van der Waals surface area contributed by atoms with Crippen LogP contribution in [0.1, 0.15) is 12.5 Å². The molecule has 1 fully saturated rings. The molecule has 2 amide bonds. The molecule has 4 rings (SSSR count). The molecule has 38 heavy (non-hydrogen) atoms. The molecule has 0 aliphatic carbocycles. The highest BCUT2D eigenvalue weighted by molar-refractivity contribution is 8.27. The van der Waals surface area contributed by atoms with Gasteiger partial charge in [-0.3, -0.25) is 14.5 Å². The fourth-order valence-corrected chi connectivity index (χ4v) is 4.89. The van der Waals surface area contributed by atoms with Gasteiger partial charge in [0.2, 0.25) is 0 Å². The number of benzene rings is 3. The number of carbonyl (C=O) groups is 2. The number of carbonyl (C=O) groups excluding carboxylic acids is 2. The van der Waals surface area contributed by atoms with Crippen LogP contribution in [-0.4, -0.2) is 43.6 Å². The Balaban J connectivity index is 1.45. The fraction of sp³-hybridized carbons (Fsp3) is 0.179. The Bertz CT molecular complexity index is 1360. The molecule has 1 aliphatic rings. The van der Waals surface area contributed by atoms with E-state index in [2.05, 4.69) is 5.32 Å². The average Bonchev–Trinajstić information content (AvgIpc) is 3.21. The van der Waals surface area contributed by atoms with E-state index in [1.807, 2.05) is 6.92 Å². The van der Waals surface area contributed by atoms with Crippen LogP contribution in [0.3, 0.4) is 0 Å². The molecule has 0 saturated carbocycles. The smallest absolute Gasteiger partial charge is 0.270 e. The molecule has 0 unspecified atom stereocenters. The van der Waals surface area contributed by atoms with Crippen molar-refractivity contribution in [3.63, 3.8) is 0 Å². The van der Waals surface area contributed by atoms with Crippen molar-refractivity contribution in [3.05, 3.63) is 77.2 Å². The Morgan fingerprint density at radius 1 is 0.947 bits per heavy atom. The second-order valence-corrected chi connectivity index (χ2v) is 9.60. The lowest BCUT2D eigenvalue weighted by atomic mass is 10.1. The summed E-state index contributed by atoms with van der Waals surface area (Å²) in [5, 5.41) is 2.77. The lowest BCUT2D eigenvalue weighted by Crippen LogP contribution is -2.27. The van der Waals surface area contributed by atoms with Gasteiger partial charge in [-0.15, -0.1) is 0 Å². The first kappa shape index (κ1) is 27.0. The molecule has 1 saturated heterocycles. The van der Waals surface area contributed by atoms with Crippen molar-refractivity contribution < 1.29 is 28.5 Å². The van der Waals surface area contributed by atoms with Crippen LogP contribution in [0.25, 0.3) is 6.08 Å². The number of nitrogens with one attached hydrogen (secondary N) is 1. The van der Waals surface area contributed by atoms with Gasteiger partial charge in [0.25, 0.3) is 11.8 Å². The maximum absolute atomic E-state index is 13.1. The standard InChI is InChI=1S/C28H26N2O6S2/c1-4-35-24-15-18(5-14-23(24)36-17-26(31)29-19-6-10-21(33-2)11-7-19)16-25-27(32)30(28(37)38-25)20-8-12-22(34-3)13-9-20/h5-16H,4,17H2,1-3H3,(H,29,31)/b25-16-. The molecule has 1 heterocycles. The van der Waals surface area contributed by atoms with E-state index >= 15 is 0 Å². The fourth-order valence-electron chi connectivity index (χ4n) is 3.59. The number of thioether (sulfide) groups is 1. The van der Waals surface area contributed by atoms with Crippen molar-refractivity contribution in [2.75, 3.05) is 37.7 Å². The molecule has 0 radical (unpaired) electrons. The quantitative estimate of drug-likeness (QED) is 0.261. The van der Waals surface area contributed by atoms with Crippen molar-refractivity contribution >= 4 is 57.6 Å². The summed E-state index contributed by atoms with van der Waals surface area (Å²) in [6.45, 7) is 2.05. The number of rotatable bonds is 10. The highest BCUT2D eigenvalue weighted by atomic mass is 32.2. The summed E-state index contributed by atoms with van der Waals surface area (Å²) in [4.78, 5) is 27.5. The number of hydrogen-bond donors (Lipinski definition) is 1. The Hall–Kier alpha value is -4.02. The van der Waals surface area contributed by atoms with Crippen LogP contribution >= 0.6 is 24.0 Å². The lowest BCUT2D eigenvalue weighted by Gasteiger charge is -2.15. The summed E-state index contributed by atoms with van der Waals surface area (Å²) in [5.41, 5.74) is 2.04. The third-order valence-electron chi connectivity index (χ3n) is 5.42. The van der Waals surface area contributed by atoms with Gasteiger partial charge in [0.05, 0.1) is 31.4 Å². The van der Waals surface area contributed by atoms with E-state index in [1.165, 1.54) is 16.7 Å². The predicted octanol–water partition coefficient (Wildman–Crippen LogP) is 5.53. The Morgan fingerprint density at radius 3 is 2.24 bits per heavy atom. The maximum Gasteiger partial charge on any atom is 0.270 e. The third-order valence-corrected chi connectivity index (χ3v) is 6.72. The minimum absolute atomic E-state index is 0.202. The van der Waals surface area contributed by atoms with Crippen molar-refractivity contribution in [3.8, 4) is 23.0 Å². The molecule has 8 nitrogen and oxygen atoms in total. The molecule has 3 aromatic carbocycles.